The van der Waals surface area contributed by atoms with Crippen LogP contribution in [0.3, 0.4) is 0 Å². The lowest BCUT2D eigenvalue weighted by atomic mass is 9.94. The van der Waals surface area contributed by atoms with Crippen molar-refractivity contribution in [2.24, 2.45) is 5.92 Å². The molecule has 0 radical (unpaired) electrons. The molecule has 1 saturated heterocycles. The number of nitrogens with zero attached hydrogens (tertiary/aromatic N) is 1. The minimum atomic E-state index is -0.657. The third kappa shape index (κ3) is 4.61. The molecule has 0 aromatic heterocycles. The average molecular weight is 199 g/mol. The van der Waals surface area contributed by atoms with Gasteiger partial charge in [0.05, 0.1) is 0 Å². The van der Waals surface area contributed by atoms with Crippen LogP contribution in [0, 0.1) is 5.92 Å². The monoisotopic (exact) mass is 199 g/mol. The molecule has 1 aliphatic heterocycles. The van der Waals surface area contributed by atoms with Crippen LogP contribution in [-0.4, -0.2) is 36.1 Å². The summed E-state index contributed by atoms with van der Waals surface area (Å²) in [5, 5.41) is 8.53. The van der Waals surface area contributed by atoms with Gasteiger partial charge in [0, 0.05) is 6.42 Å². The van der Waals surface area contributed by atoms with Crippen molar-refractivity contribution in [1.29, 1.82) is 0 Å². The lowest BCUT2D eigenvalue weighted by molar-refractivity contribution is -0.137. The van der Waals surface area contributed by atoms with Crippen LogP contribution >= 0.6 is 0 Å². The van der Waals surface area contributed by atoms with Crippen LogP contribution in [0.25, 0.3) is 0 Å². The molecule has 1 aliphatic rings. The Hall–Kier alpha value is -0.570. The van der Waals surface area contributed by atoms with Crippen LogP contribution in [0.2, 0.25) is 0 Å². The third-order valence-electron chi connectivity index (χ3n) is 3.07. The van der Waals surface area contributed by atoms with Gasteiger partial charge < -0.3 is 10.0 Å². The van der Waals surface area contributed by atoms with Crippen LogP contribution in [-0.2, 0) is 4.79 Å². The highest BCUT2D eigenvalue weighted by atomic mass is 16.4. The van der Waals surface area contributed by atoms with Crippen molar-refractivity contribution in [2.75, 3.05) is 20.1 Å². The van der Waals surface area contributed by atoms with E-state index in [2.05, 4.69) is 11.9 Å². The molecule has 1 unspecified atom stereocenters. The van der Waals surface area contributed by atoms with Gasteiger partial charge in [0.25, 0.3) is 0 Å². The van der Waals surface area contributed by atoms with E-state index in [1.807, 2.05) is 0 Å². The van der Waals surface area contributed by atoms with Gasteiger partial charge in [-0.15, -0.1) is 0 Å². The maximum Gasteiger partial charge on any atom is 0.303 e. The van der Waals surface area contributed by atoms with Crippen molar-refractivity contribution < 1.29 is 9.90 Å². The average Bonchev–Trinajstić information content (AvgIpc) is 2.30. The standard InChI is InChI=1S/C11H21NO2/c1-12-8-3-5-10(7-9-12)4-2-6-11(13)14/h10H,2-9H2,1H3,(H,13,14). The number of rotatable bonds is 4. The van der Waals surface area contributed by atoms with E-state index >= 15 is 0 Å². The third-order valence-corrected chi connectivity index (χ3v) is 3.07. The predicted octanol–water partition coefficient (Wildman–Crippen LogP) is 1.97. The Morgan fingerprint density at radius 1 is 1.43 bits per heavy atom. The van der Waals surface area contributed by atoms with Gasteiger partial charge in [-0.05, 0) is 58.2 Å². The van der Waals surface area contributed by atoms with E-state index in [0.717, 1.165) is 18.8 Å². The molecule has 0 spiro atoms. The van der Waals surface area contributed by atoms with Gasteiger partial charge in [0.15, 0.2) is 0 Å². The molecule has 0 aromatic carbocycles. The Balaban J connectivity index is 2.14. The topological polar surface area (TPSA) is 40.5 Å². The first-order chi connectivity index (χ1) is 6.68. The minimum absolute atomic E-state index is 0.340. The van der Waals surface area contributed by atoms with Gasteiger partial charge in [0.1, 0.15) is 0 Å². The molecule has 1 N–H and O–H groups in total. The second kappa shape index (κ2) is 6.02. The molecule has 14 heavy (non-hydrogen) atoms. The van der Waals surface area contributed by atoms with E-state index in [-0.39, 0.29) is 0 Å². The quantitative estimate of drug-likeness (QED) is 0.752. The summed E-state index contributed by atoms with van der Waals surface area (Å²) in [6, 6.07) is 0. The molecule has 0 bridgehead atoms. The summed E-state index contributed by atoms with van der Waals surface area (Å²) in [5.41, 5.74) is 0. The fourth-order valence-electron chi connectivity index (χ4n) is 2.14. The van der Waals surface area contributed by atoms with Gasteiger partial charge in [-0.3, -0.25) is 4.79 Å². The van der Waals surface area contributed by atoms with Crippen molar-refractivity contribution in [2.45, 2.75) is 38.5 Å². The van der Waals surface area contributed by atoms with E-state index in [9.17, 15) is 4.79 Å². The summed E-state index contributed by atoms with van der Waals surface area (Å²) in [5.74, 6) is 0.107. The highest BCUT2D eigenvalue weighted by molar-refractivity contribution is 5.66. The molecule has 3 heteroatoms. The zero-order valence-corrected chi connectivity index (χ0v) is 9.04. The number of carboxylic acids is 1. The molecular weight excluding hydrogens is 178 g/mol. The molecule has 1 atom stereocenters. The Bertz CT molecular complexity index is 182. The normalized spacial score (nSPS) is 24.5. The highest BCUT2D eigenvalue weighted by Crippen LogP contribution is 2.21. The summed E-state index contributed by atoms with van der Waals surface area (Å²) < 4.78 is 0. The smallest absolute Gasteiger partial charge is 0.303 e. The van der Waals surface area contributed by atoms with Gasteiger partial charge in [-0.2, -0.15) is 0 Å². The van der Waals surface area contributed by atoms with E-state index in [1.165, 1.54) is 32.4 Å². The van der Waals surface area contributed by atoms with Crippen molar-refractivity contribution in [3.63, 3.8) is 0 Å². The number of likely N-dealkylation sites (tertiary alicyclic amines) is 1. The Kier molecular flexibility index (Phi) is 4.94. The van der Waals surface area contributed by atoms with Crippen molar-refractivity contribution in [1.82, 2.24) is 4.90 Å². The molecule has 1 heterocycles. The molecule has 0 saturated carbocycles. The lowest BCUT2D eigenvalue weighted by Crippen LogP contribution is -2.18. The maximum absolute atomic E-state index is 10.4. The van der Waals surface area contributed by atoms with Crippen LogP contribution in [0.4, 0.5) is 0 Å². The molecule has 0 aromatic rings. The number of carbonyl (C=O) groups is 1. The van der Waals surface area contributed by atoms with Gasteiger partial charge in [0.2, 0.25) is 0 Å². The Morgan fingerprint density at radius 3 is 2.93 bits per heavy atom. The summed E-state index contributed by atoms with van der Waals surface area (Å²) in [4.78, 5) is 12.7. The van der Waals surface area contributed by atoms with Gasteiger partial charge in [-0.1, -0.05) is 0 Å². The van der Waals surface area contributed by atoms with E-state index in [1.54, 1.807) is 0 Å². The molecule has 0 aliphatic carbocycles. The van der Waals surface area contributed by atoms with Crippen molar-refractivity contribution in [3.8, 4) is 0 Å². The van der Waals surface area contributed by atoms with E-state index in [0.29, 0.717) is 6.42 Å². The fourth-order valence-corrected chi connectivity index (χ4v) is 2.14. The second-order valence-corrected chi connectivity index (χ2v) is 4.39. The summed E-state index contributed by atoms with van der Waals surface area (Å²) in [6.07, 6.45) is 6.09. The SMILES string of the molecule is CN1CCCC(CCCC(=O)O)CC1. The lowest BCUT2D eigenvalue weighted by Gasteiger charge is -2.14. The highest BCUT2D eigenvalue weighted by Gasteiger charge is 2.14. The molecule has 1 rings (SSSR count). The van der Waals surface area contributed by atoms with Gasteiger partial charge in [-0.25, -0.2) is 0 Å². The summed E-state index contributed by atoms with van der Waals surface area (Å²) in [6.45, 7) is 2.38. The predicted molar refractivity (Wildman–Crippen MR) is 56.3 cm³/mol. The number of hydrogen-bond donors (Lipinski definition) is 1. The molecular formula is C11H21NO2. The van der Waals surface area contributed by atoms with Crippen LogP contribution < -0.4 is 0 Å². The van der Waals surface area contributed by atoms with Crippen molar-refractivity contribution >= 4 is 5.97 Å². The van der Waals surface area contributed by atoms with Crippen LogP contribution in [0.5, 0.6) is 0 Å². The summed E-state index contributed by atoms with van der Waals surface area (Å²) in [7, 11) is 2.17. The first kappa shape index (κ1) is 11.5. The van der Waals surface area contributed by atoms with Crippen LogP contribution in [0.1, 0.15) is 38.5 Å². The largest absolute Gasteiger partial charge is 0.481 e. The second-order valence-electron chi connectivity index (χ2n) is 4.39. The van der Waals surface area contributed by atoms with Gasteiger partial charge >= 0.3 is 5.97 Å². The molecule has 3 nitrogen and oxygen atoms in total. The molecule has 82 valence electrons. The molecule has 1 fully saturated rings. The Labute approximate surface area is 86.1 Å². The molecule has 0 amide bonds. The minimum Gasteiger partial charge on any atom is -0.481 e. The summed E-state index contributed by atoms with van der Waals surface area (Å²) >= 11 is 0. The van der Waals surface area contributed by atoms with E-state index in [4.69, 9.17) is 5.11 Å². The number of carboxylic acid groups (broad SMARTS) is 1. The first-order valence-corrected chi connectivity index (χ1v) is 5.59. The van der Waals surface area contributed by atoms with Crippen LogP contribution in [0.15, 0.2) is 0 Å². The Morgan fingerprint density at radius 2 is 2.21 bits per heavy atom. The number of hydrogen-bond acceptors (Lipinski definition) is 2. The van der Waals surface area contributed by atoms with Crippen molar-refractivity contribution in [3.05, 3.63) is 0 Å². The fraction of sp³-hybridized carbons (Fsp3) is 0.909. The van der Waals surface area contributed by atoms with E-state index < -0.39 is 5.97 Å². The zero-order chi connectivity index (χ0) is 10.4. The zero-order valence-electron chi connectivity index (χ0n) is 9.04. The first-order valence-electron chi connectivity index (χ1n) is 5.59. The number of aliphatic carboxylic acids is 1. The maximum atomic E-state index is 10.4.